The maximum Gasteiger partial charge on any atom is 0.264 e. The number of halogens is 1. The fourth-order valence-electron chi connectivity index (χ4n) is 2.29. The SMILES string of the molecule is Cc1nnsc1C(=O)NCC1(c2ccc(F)cc2)CC1. The lowest BCUT2D eigenvalue weighted by Crippen LogP contribution is -2.32. The summed E-state index contributed by atoms with van der Waals surface area (Å²) in [5.74, 6) is -0.370. The molecule has 0 unspecified atom stereocenters. The number of rotatable bonds is 4. The molecule has 1 aliphatic rings. The lowest BCUT2D eigenvalue weighted by molar-refractivity contribution is 0.0953. The quantitative estimate of drug-likeness (QED) is 0.941. The zero-order valence-corrected chi connectivity index (χ0v) is 11.8. The standard InChI is InChI=1S/C14H14FN3OS/c1-9-12(20-18-17-9)13(19)16-8-14(6-7-14)10-2-4-11(15)5-3-10/h2-5H,6-8H2,1H3,(H,16,19). The fraction of sp³-hybridized carbons (Fsp3) is 0.357. The number of hydrogen-bond acceptors (Lipinski definition) is 4. The van der Waals surface area contributed by atoms with Gasteiger partial charge in [0.2, 0.25) is 0 Å². The highest BCUT2D eigenvalue weighted by atomic mass is 32.1. The molecule has 20 heavy (non-hydrogen) atoms. The molecule has 4 nitrogen and oxygen atoms in total. The number of benzene rings is 1. The Morgan fingerprint density at radius 1 is 1.40 bits per heavy atom. The van der Waals surface area contributed by atoms with E-state index in [1.54, 1.807) is 19.1 Å². The molecule has 1 fully saturated rings. The van der Waals surface area contributed by atoms with Crippen molar-refractivity contribution in [1.29, 1.82) is 0 Å². The summed E-state index contributed by atoms with van der Waals surface area (Å²) in [6.07, 6.45) is 2.03. The Balaban J connectivity index is 1.68. The number of aromatic nitrogens is 2. The van der Waals surface area contributed by atoms with Crippen molar-refractivity contribution in [2.24, 2.45) is 0 Å². The molecule has 6 heteroatoms. The maximum absolute atomic E-state index is 13.0. The van der Waals surface area contributed by atoms with Crippen LogP contribution < -0.4 is 5.32 Å². The number of carbonyl (C=O) groups excluding carboxylic acids is 1. The van der Waals surface area contributed by atoms with E-state index < -0.39 is 0 Å². The monoisotopic (exact) mass is 291 g/mol. The zero-order chi connectivity index (χ0) is 14.2. The zero-order valence-electron chi connectivity index (χ0n) is 11.0. The van der Waals surface area contributed by atoms with Gasteiger partial charge in [-0.05, 0) is 49.0 Å². The summed E-state index contributed by atoms with van der Waals surface area (Å²) in [6, 6.07) is 6.53. The van der Waals surface area contributed by atoms with Crippen molar-refractivity contribution in [3.63, 3.8) is 0 Å². The molecule has 0 atom stereocenters. The van der Waals surface area contributed by atoms with E-state index in [0.29, 0.717) is 17.1 Å². The minimum absolute atomic E-state index is 0.0324. The van der Waals surface area contributed by atoms with Crippen LogP contribution in [0.25, 0.3) is 0 Å². The molecular formula is C14H14FN3OS. The van der Waals surface area contributed by atoms with Crippen LogP contribution in [0.1, 0.15) is 33.8 Å². The first kappa shape index (κ1) is 13.2. The van der Waals surface area contributed by atoms with Crippen molar-refractivity contribution < 1.29 is 9.18 Å². The Morgan fingerprint density at radius 3 is 2.65 bits per heavy atom. The first-order valence-corrected chi connectivity index (χ1v) is 7.21. The lowest BCUT2D eigenvalue weighted by Gasteiger charge is -2.16. The molecule has 0 bridgehead atoms. The van der Waals surface area contributed by atoms with Gasteiger partial charge < -0.3 is 5.32 Å². The van der Waals surface area contributed by atoms with Crippen LogP contribution in [-0.4, -0.2) is 22.0 Å². The van der Waals surface area contributed by atoms with E-state index in [9.17, 15) is 9.18 Å². The van der Waals surface area contributed by atoms with Gasteiger partial charge in [-0.1, -0.05) is 16.6 Å². The molecule has 1 aliphatic carbocycles. The molecule has 104 valence electrons. The third-order valence-corrected chi connectivity index (χ3v) is 4.58. The van der Waals surface area contributed by atoms with Crippen LogP contribution in [0.3, 0.4) is 0 Å². The van der Waals surface area contributed by atoms with Gasteiger partial charge in [0, 0.05) is 12.0 Å². The van der Waals surface area contributed by atoms with Crippen molar-refractivity contribution in [2.75, 3.05) is 6.54 Å². The summed E-state index contributed by atoms with van der Waals surface area (Å²) in [6.45, 7) is 2.33. The molecule has 1 amide bonds. The van der Waals surface area contributed by atoms with Crippen LogP contribution in [0.15, 0.2) is 24.3 Å². The lowest BCUT2D eigenvalue weighted by atomic mass is 9.96. The van der Waals surface area contributed by atoms with Gasteiger partial charge in [-0.15, -0.1) is 5.10 Å². The third-order valence-electron chi connectivity index (χ3n) is 3.76. The molecule has 1 aromatic carbocycles. The van der Waals surface area contributed by atoms with Gasteiger partial charge in [-0.3, -0.25) is 4.79 Å². The van der Waals surface area contributed by atoms with E-state index in [2.05, 4.69) is 14.9 Å². The first-order valence-electron chi connectivity index (χ1n) is 6.44. The van der Waals surface area contributed by atoms with Gasteiger partial charge in [0.25, 0.3) is 5.91 Å². The number of nitrogens with zero attached hydrogens (tertiary/aromatic N) is 2. The maximum atomic E-state index is 13.0. The second-order valence-corrected chi connectivity index (χ2v) is 5.91. The molecule has 1 N–H and O–H groups in total. The Hall–Kier alpha value is -1.82. The van der Waals surface area contributed by atoms with E-state index in [-0.39, 0.29) is 17.1 Å². The molecule has 0 spiro atoms. The average molecular weight is 291 g/mol. The Bertz CT molecular complexity index is 634. The highest BCUT2D eigenvalue weighted by Gasteiger charge is 2.44. The van der Waals surface area contributed by atoms with Crippen molar-refractivity contribution >= 4 is 17.4 Å². The van der Waals surface area contributed by atoms with E-state index in [1.807, 2.05) is 0 Å². The first-order chi connectivity index (χ1) is 9.61. The summed E-state index contributed by atoms with van der Waals surface area (Å²) in [5.41, 5.74) is 1.70. The summed E-state index contributed by atoms with van der Waals surface area (Å²) in [5, 5.41) is 6.77. The van der Waals surface area contributed by atoms with Crippen LogP contribution >= 0.6 is 11.5 Å². The molecule has 1 aromatic heterocycles. The molecule has 2 aromatic rings. The molecule has 1 heterocycles. The van der Waals surface area contributed by atoms with Gasteiger partial charge in [-0.25, -0.2) is 4.39 Å². The average Bonchev–Trinajstić information content (AvgIpc) is 3.11. The fourth-order valence-corrected chi connectivity index (χ4v) is 2.86. The van der Waals surface area contributed by atoms with E-state index >= 15 is 0 Å². The smallest absolute Gasteiger partial charge is 0.264 e. The van der Waals surface area contributed by atoms with E-state index in [1.165, 1.54) is 12.1 Å². The number of carbonyl (C=O) groups is 1. The van der Waals surface area contributed by atoms with Gasteiger partial charge in [-0.2, -0.15) is 0 Å². The van der Waals surface area contributed by atoms with Gasteiger partial charge in [0.1, 0.15) is 10.7 Å². The topological polar surface area (TPSA) is 54.9 Å². The van der Waals surface area contributed by atoms with Crippen molar-refractivity contribution in [1.82, 2.24) is 14.9 Å². The molecule has 0 aliphatic heterocycles. The molecular weight excluding hydrogens is 277 g/mol. The van der Waals surface area contributed by atoms with E-state index in [0.717, 1.165) is 29.9 Å². The Labute approximate surface area is 120 Å². The number of amides is 1. The second-order valence-electron chi connectivity index (χ2n) is 5.16. The van der Waals surface area contributed by atoms with Crippen LogP contribution in [0.2, 0.25) is 0 Å². The van der Waals surface area contributed by atoms with Crippen molar-refractivity contribution in [2.45, 2.75) is 25.2 Å². The number of hydrogen-bond donors (Lipinski definition) is 1. The highest BCUT2D eigenvalue weighted by Crippen LogP contribution is 2.47. The number of nitrogens with one attached hydrogen (secondary N) is 1. The summed E-state index contributed by atoms with van der Waals surface area (Å²) < 4.78 is 16.7. The van der Waals surface area contributed by atoms with Crippen LogP contribution in [0, 0.1) is 12.7 Å². The predicted octanol–water partition coefficient (Wildman–Crippen LogP) is 2.45. The van der Waals surface area contributed by atoms with Gasteiger partial charge in [0.05, 0.1) is 5.69 Å². The normalized spacial score (nSPS) is 15.9. The predicted molar refractivity (Wildman–Crippen MR) is 74.3 cm³/mol. The summed E-state index contributed by atoms with van der Waals surface area (Å²) >= 11 is 1.10. The van der Waals surface area contributed by atoms with Gasteiger partial charge in [0.15, 0.2) is 0 Å². The molecule has 0 radical (unpaired) electrons. The largest absolute Gasteiger partial charge is 0.350 e. The van der Waals surface area contributed by atoms with Crippen molar-refractivity contribution in [3.8, 4) is 0 Å². The number of aryl methyl sites for hydroxylation is 1. The minimum Gasteiger partial charge on any atom is -0.350 e. The van der Waals surface area contributed by atoms with E-state index in [4.69, 9.17) is 0 Å². The molecule has 0 saturated heterocycles. The molecule has 1 saturated carbocycles. The van der Waals surface area contributed by atoms with Crippen LogP contribution in [0.4, 0.5) is 4.39 Å². The summed E-state index contributed by atoms with van der Waals surface area (Å²) in [4.78, 5) is 12.6. The minimum atomic E-state index is -0.236. The Morgan fingerprint density at radius 2 is 2.10 bits per heavy atom. The van der Waals surface area contributed by atoms with Crippen molar-refractivity contribution in [3.05, 3.63) is 46.2 Å². The summed E-state index contributed by atoms with van der Waals surface area (Å²) in [7, 11) is 0. The van der Waals surface area contributed by atoms with Gasteiger partial charge >= 0.3 is 0 Å². The second kappa shape index (κ2) is 4.94. The Kier molecular flexibility index (Phi) is 3.25. The van der Waals surface area contributed by atoms with Crippen LogP contribution in [-0.2, 0) is 5.41 Å². The van der Waals surface area contributed by atoms with Crippen LogP contribution in [0.5, 0.6) is 0 Å². The third kappa shape index (κ3) is 2.43. The highest BCUT2D eigenvalue weighted by molar-refractivity contribution is 7.07. The molecule has 3 rings (SSSR count).